The third-order valence-electron chi connectivity index (χ3n) is 3.45. The van der Waals surface area contributed by atoms with Crippen LogP contribution in [-0.2, 0) is 0 Å². The highest BCUT2D eigenvalue weighted by molar-refractivity contribution is 5.64. The van der Waals surface area contributed by atoms with E-state index in [0.29, 0.717) is 24.7 Å². The molecule has 2 atom stereocenters. The molecule has 0 spiro atoms. The first-order chi connectivity index (χ1) is 9.67. The number of hydrogen-bond acceptors (Lipinski definition) is 6. The molecule has 1 aromatic heterocycles. The van der Waals surface area contributed by atoms with Crippen molar-refractivity contribution in [2.45, 2.75) is 25.5 Å². The third kappa shape index (κ3) is 2.39. The van der Waals surface area contributed by atoms with Gasteiger partial charge >= 0.3 is 0 Å². The van der Waals surface area contributed by atoms with Crippen molar-refractivity contribution in [3.05, 3.63) is 29.7 Å². The van der Waals surface area contributed by atoms with Crippen LogP contribution in [0.4, 0.5) is 0 Å². The predicted molar refractivity (Wildman–Crippen MR) is 72.4 cm³/mol. The monoisotopic (exact) mass is 275 g/mol. The Morgan fingerprint density at radius 3 is 3.00 bits per heavy atom. The number of nitrogens with one attached hydrogen (secondary N) is 1. The van der Waals surface area contributed by atoms with E-state index < -0.39 is 0 Å². The van der Waals surface area contributed by atoms with Crippen molar-refractivity contribution in [1.82, 2.24) is 15.5 Å². The fourth-order valence-corrected chi connectivity index (χ4v) is 2.37. The van der Waals surface area contributed by atoms with Crippen LogP contribution in [-0.4, -0.2) is 35.0 Å². The Bertz CT molecular complexity index is 611. The maximum Gasteiger partial charge on any atom is 0.244 e. The number of methoxy groups -OCH3 is 1. The maximum atomic E-state index is 9.53. The van der Waals surface area contributed by atoms with Gasteiger partial charge in [-0.3, -0.25) is 0 Å². The van der Waals surface area contributed by atoms with E-state index in [-0.39, 0.29) is 12.1 Å². The van der Waals surface area contributed by atoms with E-state index in [2.05, 4.69) is 15.5 Å². The van der Waals surface area contributed by atoms with Gasteiger partial charge in [0.2, 0.25) is 11.7 Å². The van der Waals surface area contributed by atoms with E-state index >= 15 is 0 Å². The second-order valence-electron chi connectivity index (χ2n) is 5.01. The normalized spacial score (nSPS) is 22.1. The molecular formula is C14H17N3O3. The first-order valence-corrected chi connectivity index (χ1v) is 6.57. The largest absolute Gasteiger partial charge is 0.496 e. The van der Waals surface area contributed by atoms with Crippen LogP contribution in [0.2, 0.25) is 0 Å². The molecule has 3 rings (SSSR count). The molecule has 20 heavy (non-hydrogen) atoms. The number of aliphatic hydroxyl groups is 1. The van der Waals surface area contributed by atoms with E-state index in [9.17, 15) is 5.11 Å². The van der Waals surface area contributed by atoms with Gasteiger partial charge in [-0.15, -0.1) is 0 Å². The lowest BCUT2D eigenvalue weighted by molar-refractivity contribution is 0.191. The van der Waals surface area contributed by atoms with Crippen molar-refractivity contribution in [2.24, 2.45) is 0 Å². The molecule has 0 bridgehead atoms. The molecule has 0 aliphatic carbocycles. The van der Waals surface area contributed by atoms with Crippen molar-refractivity contribution in [3.8, 4) is 17.1 Å². The van der Waals surface area contributed by atoms with Crippen molar-refractivity contribution in [3.63, 3.8) is 0 Å². The van der Waals surface area contributed by atoms with E-state index in [4.69, 9.17) is 9.26 Å². The Labute approximate surface area is 116 Å². The minimum absolute atomic E-state index is 0.0808. The van der Waals surface area contributed by atoms with Crippen molar-refractivity contribution < 1.29 is 14.4 Å². The second kappa shape index (κ2) is 5.22. The number of nitrogens with zero attached hydrogens (tertiary/aromatic N) is 2. The maximum absolute atomic E-state index is 9.53. The number of aliphatic hydroxyl groups excluding tert-OH is 1. The van der Waals surface area contributed by atoms with Crippen LogP contribution in [0.1, 0.15) is 23.9 Å². The Morgan fingerprint density at radius 2 is 2.30 bits per heavy atom. The number of benzene rings is 1. The van der Waals surface area contributed by atoms with Gasteiger partial charge in [-0.1, -0.05) is 11.2 Å². The van der Waals surface area contributed by atoms with E-state index in [1.54, 1.807) is 7.11 Å². The van der Waals surface area contributed by atoms with Gasteiger partial charge in [0.05, 0.1) is 24.8 Å². The summed E-state index contributed by atoms with van der Waals surface area (Å²) in [6.45, 7) is 2.55. The summed E-state index contributed by atoms with van der Waals surface area (Å²) in [5, 5.41) is 16.7. The minimum Gasteiger partial charge on any atom is -0.496 e. The molecule has 1 fully saturated rings. The van der Waals surface area contributed by atoms with Crippen LogP contribution in [0, 0.1) is 6.92 Å². The van der Waals surface area contributed by atoms with Crippen molar-refractivity contribution in [1.29, 1.82) is 0 Å². The number of ether oxygens (including phenoxy) is 1. The Kier molecular flexibility index (Phi) is 3.42. The molecule has 2 unspecified atom stereocenters. The van der Waals surface area contributed by atoms with Crippen LogP contribution < -0.4 is 10.1 Å². The summed E-state index contributed by atoms with van der Waals surface area (Å²) < 4.78 is 10.6. The molecule has 2 N–H and O–H groups in total. The molecule has 6 nitrogen and oxygen atoms in total. The minimum atomic E-state index is -0.357. The summed E-state index contributed by atoms with van der Waals surface area (Å²) in [5.41, 5.74) is 1.90. The standard InChI is InChI=1S/C14H17N3O3/c1-8-3-4-10(12(5-8)19-2)13-16-14(20-17-13)11-6-9(18)7-15-11/h3-5,9,11,15,18H,6-7H2,1-2H3. The SMILES string of the molecule is COc1cc(C)ccc1-c1noc(C2CC(O)CN2)n1. The number of rotatable bonds is 3. The Morgan fingerprint density at radius 1 is 1.45 bits per heavy atom. The highest BCUT2D eigenvalue weighted by Gasteiger charge is 2.28. The van der Waals surface area contributed by atoms with Gasteiger partial charge in [-0.05, 0) is 31.0 Å². The fraction of sp³-hybridized carbons (Fsp3) is 0.429. The molecule has 1 aromatic carbocycles. The van der Waals surface area contributed by atoms with Gasteiger partial charge in [0.15, 0.2) is 0 Å². The molecule has 2 heterocycles. The van der Waals surface area contributed by atoms with Gasteiger partial charge in [0, 0.05) is 6.54 Å². The first kappa shape index (κ1) is 13.1. The lowest BCUT2D eigenvalue weighted by Crippen LogP contribution is -2.15. The summed E-state index contributed by atoms with van der Waals surface area (Å²) in [6, 6.07) is 5.75. The highest BCUT2D eigenvalue weighted by Crippen LogP contribution is 2.30. The molecule has 0 saturated carbocycles. The zero-order valence-corrected chi connectivity index (χ0v) is 11.5. The Balaban J connectivity index is 1.90. The van der Waals surface area contributed by atoms with Crippen LogP contribution >= 0.6 is 0 Å². The van der Waals surface area contributed by atoms with Gasteiger partial charge in [0.25, 0.3) is 0 Å². The first-order valence-electron chi connectivity index (χ1n) is 6.57. The second-order valence-corrected chi connectivity index (χ2v) is 5.01. The predicted octanol–water partition coefficient (Wildman–Crippen LogP) is 1.45. The average Bonchev–Trinajstić information content (AvgIpc) is 3.07. The molecule has 0 radical (unpaired) electrons. The molecule has 106 valence electrons. The van der Waals surface area contributed by atoms with Gasteiger partial charge in [-0.2, -0.15) is 4.98 Å². The van der Waals surface area contributed by atoms with Crippen LogP contribution in [0.3, 0.4) is 0 Å². The molecule has 1 aliphatic heterocycles. The van der Waals surface area contributed by atoms with Gasteiger partial charge < -0.3 is 19.7 Å². The summed E-state index contributed by atoms with van der Waals surface area (Å²) in [7, 11) is 1.62. The molecule has 0 amide bonds. The highest BCUT2D eigenvalue weighted by atomic mass is 16.5. The summed E-state index contributed by atoms with van der Waals surface area (Å²) in [6.07, 6.45) is 0.233. The number of hydrogen-bond donors (Lipinski definition) is 2. The van der Waals surface area contributed by atoms with Gasteiger partial charge in [-0.25, -0.2) is 0 Å². The van der Waals surface area contributed by atoms with Crippen LogP contribution in [0.15, 0.2) is 22.7 Å². The molecule has 1 aliphatic rings. The molecule has 1 saturated heterocycles. The topological polar surface area (TPSA) is 80.4 Å². The van der Waals surface area contributed by atoms with E-state index in [1.807, 2.05) is 25.1 Å². The van der Waals surface area contributed by atoms with Crippen LogP contribution in [0.5, 0.6) is 5.75 Å². The number of β-amino-alcohol motifs (C(OH)–C–C–N with tert-alkyl or cyclic N) is 1. The molecule has 6 heteroatoms. The van der Waals surface area contributed by atoms with Crippen molar-refractivity contribution >= 4 is 0 Å². The van der Waals surface area contributed by atoms with Crippen molar-refractivity contribution in [2.75, 3.05) is 13.7 Å². The fourth-order valence-electron chi connectivity index (χ4n) is 2.37. The van der Waals surface area contributed by atoms with Gasteiger partial charge in [0.1, 0.15) is 5.75 Å². The molecule has 2 aromatic rings. The Hall–Kier alpha value is -1.92. The van der Waals surface area contributed by atoms with Crippen LogP contribution in [0.25, 0.3) is 11.4 Å². The number of aromatic nitrogens is 2. The summed E-state index contributed by atoms with van der Waals surface area (Å²) >= 11 is 0. The van der Waals surface area contributed by atoms with E-state index in [1.165, 1.54) is 0 Å². The zero-order valence-electron chi connectivity index (χ0n) is 11.5. The zero-order chi connectivity index (χ0) is 14.1. The van der Waals surface area contributed by atoms with E-state index in [0.717, 1.165) is 16.9 Å². The third-order valence-corrected chi connectivity index (χ3v) is 3.45. The smallest absolute Gasteiger partial charge is 0.244 e. The number of aryl methyl sites for hydroxylation is 1. The lowest BCUT2D eigenvalue weighted by Gasteiger charge is -2.05. The molecular weight excluding hydrogens is 258 g/mol. The average molecular weight is 275 g/mol. The lowest BCUT2D eigenvalue weighted by atomic mass is 10.1. The summed E-state index contributed by atoms with van der Waals surface area (Å²) in [4.78, 5) is 4.40. The quantitative estimate of drug-likeness (QED) is 0.882. The summed E-state index contributed by atoms with van der Waals surface area (Å²) in [5.74, 6) is 1.72.